The predicted molar refractivity (Wildman–Crippen MR) is 57.1 cm³/mol. The smallest absolute Gasteiger partial charge is 0.215 e. The standard InChI is InChI=1S/C11H16N2O2/c1-8-5-9(6-13-11(8)14-2)10-7-15-4-3-12-10/h5-6,10,12H,3-4,7H2,1-2H3. The molecule has 1 atom stereocenters. The number of ether oxygens (including phenoxy) is 2. The summed E-state index contributed by atoms with van der Waals surface area (Å²) >= 11 is 0. The number of nitrogens with one attached hydrogen (secondary N) is 1. The van der Waals surface area contributed by atoms with Crippen LogP contribution in [0.1, 0.15) is 17.2 Å². The van der Waals surface area contributed by atoms with Crippen LogP contribution >= 0.6 is 0 Å². The fraction of sp³-hybridized carbons (Fsp3) is 0.545. The lowest BCUT2D eigenvalue weighted by atomic mass is 10.1. The van der Waals surface area contributed by atoms with Crippen molar-refractivity contribution in [2.75, 3.05) is 26.9 Å². The van der Waals surface area contributed by atoms with Gasteiger partial charge in [0.25, 0.3) is 0 Å². The lowest BCUT2D eigenvalue weighted by Crippen LogP contribution is -2.34. The third-order valence-corrected chi connectivity index (χ3v) is 2.57. The number of methoxy groups -OCH3 is 1. The number of rotatable bonds is 2. The van der Waals surface area contributed by atoms with Gasteiger partial charge in [-0.1, -0.05) is 0 Å². The molecule has 0 saturated carbocycles. The molecular weight excluding hydrogens is 192 g/mol. The molecule has 1 unspecified atom stereocenters. The molecule has 1 fully saturated rings. The number of morpholine rings is 1. The molecule has 82 valence electrons. The molecule has 0 amide bonds. The Morgan fingerprint density at radius 1 is 1.60 bits per heavy atom. The molecule has 1 aliphatic heterocycles. The summed E-state index contributed by atoms with van der Waals surface area (Å²) in [6.07, 6.45) is 1.85. The number of hydrogen-bond donors (Lipinski definition) is 1. The van der Waals surface area contributed by atoms with Crippen LogP contribution in [-0.4, -0.2) is 31.9 Å². The zero-order chi connectivity index (χ0) is 10.7. The van der Waals surface area contributed by atoms with Crippen molar-refractivity contribution in [3.05, 3.63) is 23.4 Å². The van der Waals surface area contributed by atoms with E-state index in [1.54, 1.807) is 7.11 Å². The van der Waals surface area contributed by atoms with Crippen LogP contribution in [0.3, 0.4) is 0 Å². The van der Waals surface area contributed by atoms with Gasteiger partial charge in [-0.15, -0.1) is 0 Å². The summed E-state index contributed by atoms with van der Waals surface area (Å²) in [6.45, 7) is 4.40. The Morgan fingerprint density at radius 2 is 2.47 bits per heavy atom. The molecule has 2 rings (SSSR count). The third-order valence-electron chi connectivity index (χ3n) is 2.57. The number of aryl methyl sites for hydroxylation is 1. The molecule has 1 aliphatic rings. The van der Waals surface area contributed by atoms with E-state index in [2.05, 4.69) is 16.4 Å². The van der Waals surface area contributed by atoms with Crippen LogP contribution in [0.5, 0.6) is 5.88 Å². The van der Waals surface area contributed by atoms with Crippen LogP contribution in [0, 0.1) is 6.92 Å². The average molecular weight is 208 g/mol. The predicted octanol–water partition coefficient (Wildman–Crippen LogP) is 1.06. The van der Waals surface area contributed by atoms with Crippen LogP contribution in [0.4, 0.5) is 0 Å². The SMILES string of the molecule is COc1ncc(C2COCCN2)cc1C. The largest absolute Gasteiger partial charge is 0.481 e. The molecular formula is C11H16N2O2. The molecule has 1 aromatic rings. The first-order chi connectivity index (χ1) is 7.31. The Balaban J connectivity index is 2.17. The van der Waals surface area contributed by atoms with Crippen LogP contribution in [0.2, 0.25) is 0 Å². The van der Waals surface area contributed by atoms with Crippen molar-refractivity contribution < 1.29 is 9.47 Å². The van der Waals surface area contributed by atoms with Crippen LogP contribution in [-0.2, 0) is 4.74 Å². The van der Waals surface area contributed by atoms with Crippen LogP contribution in [0.15, 0.2) is 12.3 Å². The van der Waals surface area contributed by atoms with Gasteiger partial charge < -0.3 is 14.8 Å². The molecule has 0 spiro atoms. The van der Waals surface area contributed by atoms with Crippen LogP contribution in [0.25, 0.3) is 0 Å². The summed E-state index contributed by atoms with van der Waals surface area (Å²) in [5.74, 6) is 0.690. The van der Waals surface area contributed by atoms with E-state index in [0.29, 0.717) is 12.5 Å². The Morgan fingerprint density at radius 3 is 3.07 bits per heavy atom. The van der Waals surface area contributed by atoms with E-state index in [4.69, 9.17) is 9.47 Å². The van der Waals surface area contributed by atoms with Crippen molar-refractivity contribution in [3.63, 3.8) is 0 Å². The maximum absolute atomic E-state index is 5.41. The second-order valence-electron chi connectivity index (χ2n) is 3.68. The first-order valence-electron chi connectivity index (χ1n) is 5.13. The van der Waals surface area contributed by atoms with Crippen molar-refractivity contribution in [1.29, 1.82) is 0 Å². The van der Waals surface area contributed by atoms with E-state index < -0.39 is 0 Å². The van der Waals surface area contributed by atoms with Gasteiger partial charge in [-0.05, 0) is 18.6 Å². The minimum absolute atomic E-state index is 0.260. The second kappa shape index (κ2) is 4.59. The number of pyridine rings is 1. The Hall–Kier alpha value is -1.13. The number of nitrogens with zero attached hydrogens (tertiary/aromatic N) is 1. The van der Waals surface area contributed by atoms with Crippen molar-refractivity contribution in [2.24, 2.45) is 0 Å². The lowest BCUT2D eigenvalue weighted by Gasteiger charge is -2.24. The minimum atomic E-state index is 0.260. The molecule has 0 bridgehead atoms. The zero-order valence-electron chi connectivity index (χ0n) is 9.12. The van der Waals surface area contributed by atoms with Gasteiger partial charge in [0, 0.05) is 18.3 Å². The molecule has 4 heteroatoms. The molecule has 15 heavy (non-hydrogen) atoms. The molecule has 1 aromatic heterocycles. The number of hydrogen-bond acceptors (Lipinski definition) is 4. The summed E-state index contributed by atoms with van der Waals surface area (Å²) in [5.41, 5.74) is 2.22. The normalized spacial score (nSPS) is 21.3. The summed E-state index contributed by atoms with van der Waals surface area (Å²) in [6, 6.07) is 2.36. The highest BCUT2D eigenvalue weighted by molar-refractivity contribution is 5.30. The van der Waals surface area contributed by atoms with Gasteiger partial charge in [-0.25, -0.2) is 4.98 Å². The summed E-state index contributed by atoms with van der Waals surface area (Å²) in [7, 11) is 1.64. The van der Waals surface area contributed by atoms with E-state index in [-0.39, 0.29) is 6.04 Å². The van der Waals surface area contributed by atoms with Gasteiger partial charge in [0.2, 0.25) is 5.88 Å². The molecule has 0 radical (unpaired) electrons. The van der Waals surface area contributed by atoms with Gasteiger partial charge in [0.05, 0.1) is 26.4 Å². The lowest BCUT2D eigenvalue weighted by molar-refractivity contribution is 0.0767. The van der Waals surface area contributed by atoms with Gasteiger partial charge >= 0.3 is 0 Å². The monoisotopic (exact) mass is 208 g/mol. The van der Waals surface area contributed by atoms with Gasteiger partial charge in [-0.2, -0.15) is 0 Å². The Kier molecular flexibility index (Phi) is 3.18. The minimum Gasteiger partial charge on any atom is -0.481 e. The van der Waals surface area contributed by atoms with E-state index in [1.807, 2.05) is 13.1 Å². The van der Waals surface area contributed by atoms with Crippen LogP contribution < -0.4 is 10.1 Å². The summed E-state index contributed by atoms with van der Waals surface area (Å²) in [5, 5.41) is 3.39. The molecule has 0 aromatic carbocycles. The van der Waals surface area contributed by atoms with Crippen molar-refractivity contribution >= 4 is 0 Å². The zero-order valence-corrected chi connectivity index (χ0v) is 9.12. The maximum Gasteiger partial charge on any atom is 0.215 e. The van der Waals surface area contributed by atoms with Gasteiger partial charge in [0.15, 0.2) is 0 Å². The first-order valence-corrected chi connectivity index (χ1v) is 5.13. The van der Waals surface area contributed by atoms with E-state index >= 15 is 0 Å². The highest BCUT2D eigenvalue weighted by Crippen LogP contribution is 2.20. The van der Waals surface area contributed by atoms with E-state index in [9.17, 15) is 0 Å². The van der Waals surface area contributed by atoms with Gasteiger partial charge in [0.1, 0.15) is 0 Å². The van der Waals surface area contributed by atoms with E-state index in [0.717, 1.165) is 24.3 Å². The topological polar surface area (TPSA) is 43.4 Å². The molecule has 0 aliphatic carbocycles. The quantitative estimate of drug-likeness (QED) is 0.789. The molecule has 1 N–H and O–H groups in total. The highest BCUT2D eigenvalue weighted by Gasteiger charge is 2.16. The molecule has 1 saturated heterocycles. The molecule has 4 nitrogen and oxygen atoms in total. The van der Waals surface area contributed by atoms with Crippen molar-refractivity contribution in [2.45, 2.75) is 13.0 Å². The third kappa shape index (κ3) is 2.27. The van der Waals surface area contributed by atoms with Crippen molar-refractivity contribution in [1.82, 2.24) is 10.3 Å². The fourth-order valence-electron chi connectivity index (χ4n) is 1.77. The average Bonchev–Trinajstić information content (AvgIpc) is 2.30. The van der Waals surface area contributed by atoms with E-state index in [1.165, 1.54) is 0 Å². The second-order valence-corrected chi connectivity index (χ2v) is 3.68. The number of aromatic nitrogens is 1. The molecule has 2 heterocycles. The van der Waals surface area contributed by atoms with Gasteiger partial charge in [-0.3, -0.25) is 0 Å². The fourth-order valence-corrected chi connectivity index (χ4v) is 1.77. The highest BCUT2D eigenvalue weighted by atomic mass is 16.5. The first kappa shape index (κ1) is 10.4. The summed E-state index contributed by atoms with van der Waals surface area (Å²) in [4.78, 5) is 4.25. The Labute approximate surface area is 89.6 Å². The van der Waals surface area contributed by atoms with Crippen molar-refractivity contribution in [3.8, 4) is 5.88 Å². The Bertz CT molecular complexity index is 335. The maximum atomic E-state index is 5.41. The summed E-state index contributed by atoms with van der Waals surface area (Å²) < 4.78 is 10.5.